The summed E-state index contributed by atoms with van der Waals surface area (Å²) in [4.78, 5) is 21.5. The molecule has 7 heteroatoms. The van der Waals surface area contributed by atoms with Gasteiger partial charge in [-0.05, 0) is 36.4 Å². The molecule has 0 radical (unpaired) electrons. The van der Waals surface area contributed by atoms with Crippen LogP contribution in [0.25, 0.3) is 22.2 Å². The minimum atomic E-state index is -0.426. The van der Waals surface area contributed by atoms with Crippen molar-refractivity contribution in [2.45, 2.75) is 0 Å². The van der Waals surface area contributed by atoms with Crippen molar-refractivity contribution in [3.63, 3.8) is 0 Å². The number of hydrazone groups is 1. The Balaban J connectivity index is 1.68. The number of carbonyl (C=O) groups is 1. The number of hydrogen-bond acceptors (Lipinski definition) is 6. The topological polar surface area (TPSA) is 108 Å². The fourth-order valence-electron chi connectivity index (χ4n) is 2.90. The molecular weight excluding hydrogens is 368 g/mol. The van der Waals surface area contributed by atoms with Crippen molar-refractivity contribution in [2.24, 2.45) is 5.10 Å². The summed E-state index contributed by atoms with van der Waals surface area (Å²) in [7, 11) is 0. The maximum atomic E-state index is 12.8. The Morgan fingerprint density at radius 1 is 1.03 bits per heavy atom. The summed E-state index contributed by atoms with van der Waals surface area (Å²) in [5.74, 6) is -0.995. The van der Waals surface area contributed by atoms with Gasteiger partial charge in [0.05, 0.1) is 23.0 Å². The summed E-state index contributed by atoms with van der Waals surface area (Å²) in [6, 6.07) is 17.2. The fourth-order valence-corrected chi connectivity index (χ4v) is 2.90. The highest BCUT2D eigenvalue weighted by atomic mass is 16.3. The minimum Gasteiger partial charge on any atom is -0.504 e. The van der Waals surface area contributed by atoms with E-state index >= 15 is 0 Å². The number of aromatic hydroxyl groups is 2. The van der Waals surface area contributed by atoms with Crippen LogP contribution in [0.5, 0.6) is 11.5 Å². The van der Waals surface area contributed by atoms with Gasteiger partial charge in [0.15, 0.2) is 11.5 Å². The van der Waals surface area contributed by atoms with E-state index in [9.17, 15) is 15.0 Å². The highest BCUT2D eigenvalue weighted by Gasteiger charge is 2.13. The van der Waals surface area contributed by atoms with E-state index in [4.69, 9.17) is 0 Å². The molecule has 2 heterocycles. The van der Waals surface area contributed by atoms with E-state index in [2.05, 4.69) is 20.5 Å². The quantitative estimate of drug-likeness (QED) is 0.284. The maximum absolute atomic E-state index is 12.8. The molecule has 2 aromatic heterocycles. The van der Waals surface area contributed by atoms with Crippen molar-refractivity contribution in [3.05, 3.63) is 84.2 Å². The molecule has 0 aliphatic heterocycles. The summed E-state index contributed by atoms with van der Waals surface area (Å²) in [6.45, 7) is 0. The Hall–Kier alpha value is -4.26. The average Bonchev–Trinajstić information content (AvgIpc) is 2.76. The number of phenolic OH excluding ortho intramolecular Hbond substituents is 2. The zero-order chi connectivity index (χ0) is 20.2. The first-order valence-electron chi connectivity index (χ1n) is 8.78. The van der Waals surface area contributed by atoms with Crippen LogP contribution in [-0.4, -0.2) is 32.3 Å². The third-order valence-electron chi connectivity index (χ3n) is 4.33. The highest BCUT2D eigenvalue weighted by Crippen LogP contribution is 2.27. The number of nitrogens with zero attached hydrogens (tertiary/aromatic N) is 3. The van der Waals surface area contributed by atoms with Crippen molar-refractivity contribution in [2.75, 3.05) is 0 Å². The van der Waals surface area contributed by atoms with Gasteiger partial charge in [0.25, 0.3) is 5.91 Å². The van der Waals surface area contributed by atoms with Crippen LogP contribution in [0.4, 0.5) is 0 Å². The van der Waals surface area contributed by atoms with E-state index in [1.165, 1.54) is 12.3 Å². The largest absolute Gasteiger partial charge is 0.504 e. The van der Waals surface area contributed by atoms with Gasteiger partial charge < -0.3 is 10.2 Å². The number of hydrogen-bond donors (Lipinski definition) is 3. The van der Waals surface area contributed by atoms with Gasteiger partial charge >= 0.3 is 0 Å². The number of nitrogens with one attached hydrogen (secondary N) is 1. The molecule has 0 bridgehead atoms. The van der Waals surface area contributed by atoms with Crippen LogP contribution in [0.1, 0.15) is 15.9 Å². The number of amides is 1. The smallest absolute Gasteiger partial charge is 0.272 e. The van der Waals surface area contributed by atoms with Crippen LogP contribution in [0.3, 0.4) is 0 Å². The third-order valence-corrected chi connectivity index (χ3v) is 4.33. The molecule has 3 N–H and O–H groups in total. The number of rotatable bonds is 4. The maximum Gasteiger partial charge on any atom is 0.272 e. The Bertz CT molecular complexity index is 1220. The van der Waals surface area contributed by atoms with E-state index in [-0.39, 0.29) is 17.1 Å². The zero-order valence-corrected chi connectivity index (χ0v) is 15.1. The van der Waals surface area contributed by atoms with Crippen molar-refractivity contribution < 1.29 is 15.0 Å². The summed E-state index contributed by atoms with van der Waals surface area (Å²) >= 11 is 0. The van der Waals surface area contributed by atoms with E-state index < -0.39 is 5.91 Å². The van der Waals surface area contributed by atoms with Crippen LogP contribution in [0, 0.1) is 0 Å². The molecule has 0 aliphatic carbocycles. The van der Waals surface area contributed by atoms with Gasteiger partial charge in [-0.25, -0.2) is 10.4 Å². The number of para-hydroxylation sites is 2. The third kappa shape index (κ3) is 3.74. The molecule has 0 spiro atoms. The van der Waals surface area contributed by atoms with Gasteiger partial charge in [-0.1, -0.05) is 24.3 Å². The lowest BCUT2D eigenvalue weighted by Crippen LogP contribution is -2.18. The first-order valence-corrected chi connectivity index (χ1v) is 8.78. The van der Waals surface area contributed by atoms with Crippen molar-refractivity contribution >= 4 is 23.0 Å². The molecule has 0 saturated carbocycles. The molecule has 0 saturated heterocycles. The second-order valence-corrected chi connectivity index (χ2v) is 6.23. The van der Waals surface area contributed by atoms with Crippen LogP contribution >= 0.6 is 0 Å². The number of benzene rings is 2. The van der Waals surface area contributed by atoms with Gasteiger partial charge in [0.2, 0.25) is 0 Å². The number of pyridine rings is 2. The van der Waals surface area contributed by atoms with Crippen LogP contribution < -0.4 is 5.43 Å². The Morgan fingerprint density at radius 2 is 1.90 bits per heavy atom. The molecule has 0 atom stereocenters. The van der Waals surface area contributed by atoms with Crippen molar-refractivity contribution in [1.29, 1.82) is 0 Å². The Kier molecular flexibility index (Phi) is 4.86. The van der Waals surface area contributed by atoms with Crippen molar-refractivity contribution in [1.82, 2.24) is 15.4 Å². The zero-order valence-electron chi connectivity index (χ0n) is 15.1. The Morgan fingerprint density at radius 3 is 2.72 bits per heavy atom. The molecule has 0 fully saturated rings. The SMILES string of the molecule is O=C(N/N=C/c1cccc(O)c1O)c1cc(-c2cccnc2)nc2ccccc12. The standard InChI is InChI=1S/C22H16N4O3/c27-20-9-3-5-15(21(20)28)13-24-26-22(29)17-11-19(14-6-4-10-23-12-14)25-18-8-2-1-7-16(17)18/h1-13,27-28H,(H,26,29)/b24-13+. The lowest BCUT2D eigenvalue weighted by atomic mass is 10.0. The lowest BCUT2D eigenvalue weighted by molar-refractivity contribution is 0.0956. The van der Waals surface area contributed by atoms with Gasteiger partial charge in [-0.3, -0.25) is 9.78 Å². The molecule has 7 nitrogen and oxygen atoms in total. The minimum absolute atomic E-state index is 0.262. The molecule has 2 aromatic carbocycles. The van der Waals surface area contributed by atoms with E-state index in [0.717, 1.165) is 5.56 Å². The van der Waals surface area contributed by atoms with Crippen LogP contribution in [0.15, 0.2) is 78.2 Å². The van der Waals surface area contributed by atoms with E-state index in [1.54, 1.807) is 36.7 Å². The lowest BCUT2D eigenvalue weighted by Gasteiger charge is -2.09. The van der Waals surface area contributed by atoms with Crippen LogP contribution in [-0.2, 0) is 0 Å². The number of carbonyl (C=O) groups excluding carboxylic acids is 1. The van der Waals surface area contributed by atoms with Gasteiger partial charge in [0.1, 0.15) is 0 Å². The Labute approximate surface area is 166 Å². The molecule has 29 heavy (non-hydrogen) atoms. The molecule has 0 unspecified atom stereocenters. The predicted octanol–water partition coefficient (Wildman–Crippen LogP) is 3.47. The van der Waals surface area contributed by atoms with E-state index in [1.807, 2.05) is 30.3 Å². The summed E-state index contributed by atoms with van der Waals surface area (Å²) < 4.78 is 0. The van der Waals surface area contributed by atoms with Gasteiger partial charge in [0, 0.05) is 28.9 Å². The number of phenols is 2. The first-order chi connectivity index (χ1) is 14.1. The number of fused-ring (bicyclic) bond motifs is 1. The van der Waals surface area contributed by atoms with Crippen LogP contribution in [0.2, 0.25) is 0 Å². The normalized spacial score (nSPS) is 11.0. The summed E-state index contributed by atoms with van der Waals surface area (Å²) in [5, 5.41) is 23.9. The first kappa shape index (κ1) is 18.1. The van der Waals surface area contributed by atoms with Gasteiger partial charge in [-0.15, -0.1) is 0 Å². The predicted molar refractivity (Wildman–Crippen MR) is 110 cm³/mol. The highest BCUT2D eigenvalue weighted by molar-refractivity contribution is 6.07. The number of aromatic nitrogens is 2. The molecule has 0 aliphatic rings. The molecule has 4 aromatic rings. The molecule has 142 valence electrons. The van der Waals surface area contributed by atoms with Crippen molar-refractivity contribution in [3.8, 4) is 22.8 Å². The average molecular weight is 384 g/mol. The second kappa shape index (κ2) is 7.77. The summed E-state index contributed by atoms with van der Waals surface area (Å²) in [5.41, 5.74) is 5.24. The monoisotopic (exact) mass is 384 g/mol. The summed E-state index contributed by atoms with van der Waals surface area (Å²) in [6.07, 6.45) is 4.61. The second-order valence-electron chi connectivity index (χ2n) is 6.23. The molecule has 4 rings (SSSR count). The van der Waals surface area contributed by atoms with Gasteiger partial charge in [-0.2, -0.15) is 5.10 Å². The van der Waals surface area contributed by atoms with E-state index in [0.29, 0.717) is 22.2 Å². The molecule has 1 amide bonds. The molecular formula is C22H16N4O3. The fraction of sp³-hybridized carbons (Fsp3) is 0.